The molecule has 15 heavy (non-hydrogen) atoms. The minimum atomic E-state index is 0.620. The Hall–Kier alpha value is -0.730. The third-order valence-electron chi connectivity index (χ3n) is 2.71. The van der Waals surface area contributed by atoms with Gasteiger partial charge in [0, 0.05) is 13.2 Å². The molecule has 1 unspecified atom stereocenters. The Morgan fingerprint density at radius 2 is 2.27 bits per heavy atom. The third-order valence-corrected chi connectivity index (χ3v) is 3.04. The summed E-state index contributed by atoms with van der Waals surface area (Å²) in [4.78, 5) is 0. The molecule has 3 heteroatoms. The monoisotopic (exact) mass is 225 g/mol. The van der Waals surface area contributed by atoms with Gasteiger partial charge < -0.3 is 10.1 Å². The quantitative estimate of drug-likeness (QED) is 0.853. The average Bonchev–Trinajstić information content (AvgIpc) is 2.29. The molecule has 2 rings (SSSR count). The maximum atomic E-state index is 6.05. The zero-order valence-corrected chi connectivity index (χ0v) is 9.46. The topological polar surface area (TPSA) is 21.3 Å². The van der Waals surface area contributed by atoms with Crippen molar-refractivity contribution < 1.29 is 4.74 Å². The summed E-state index contributed by atoms with van der Waals surface area (Å²) in [6, 6.07) is 7.84. The normalized spacial score (nSPS) is 21.3. The first-order valence-electron chi connectivity index (χ1n) is 5.42. The number of halogens is 1. The van der Waals surface area contributed by atoms with E-state index in [1.165, 1.54) is 12.8 Å². The Balaban J connectivity index is 1.84. The van der Waals surface area contributed by atoms with Crippen molar-refractivity contribution in [2.75, 3.05) is 25.1 Å². The predicted molar refractivity (Wildman–Crippen MR) is 63.5 cm³/mol. The maximum absolute atomic E-state index is 6.05. The number of ether oxygens (including phenoxy) is 1. The number of hydrogen-bond acceptors (Lipinski definition) is 2. The van der Waals surface area contributed by atoms with Crippen LogP contribution in [0.1, 0.15) is 12.8 Å². The highest BCUT2D eigenvalue weighted by Gasteiger charge is 2.13. The summed E-state index contributed by atoms with van der Waals surface area (Å²) in [6.07, 6.45) is 2.42. The number of para-hydroxylation sites is 1. The van der Waals surface area contributed by atoms with E-state index in [-0.39, 0.29) is 0 Å². The van der Waals surface area contributed by atoms with Crippen molar-refractivity contribution >= 4 is 17.3 Å². The molecule has 1 aliphatic rings. The number of hydrogen-bond donors (Lipinski definition) is 1. The van der Waals surface area contributed by atoms with Crippen LogP contribution in [0.4, 0.5) is 5.69 Å². The van der Waals surface area contributed by atoms with Gasteiger partial charge in [0.2, 0.25) is 0 Å². The molecule has 1 heterocycles. The summed E-state index contributed by atoms with van der Waals surface area (Å²) in [5.74, 6) is 0.620. The molecule has 0 aliphatic carbocycles. The van der Waals surface area contributed by atoms with Crippen LogP contribution in [0.5, 0.6) is 0 Å². The van der Waals surface area contributed by atoms with E-state index in [1.807, 2.05) is 24.3 Å². The van der Waals surface area contributed by atoms with Gasteiger partial charge >= 0.3 is 0 Å². The van der Waals surface area contributed by atoms with Gasteiger partial charge in [0.15, 0.2) is 0 Å². The summed E-state index contributed by atoms with van der Waals surface area (Å²) in [7, 11) is 0. The molecule has 0 saturated carbocycles. The van der Waals surface area contributed by atoms with E-state index < -0.39 is 0 Å². The highest BCUT2D eigenvalue weighted by molar-refractivity contribution is 6.33. The van der Waals surface area contributed by atoms with Crippen LogP contribution in [0.2, 0.25) is 5.02 Å². The Kier molecular flexibility index (Phi) is 3.87. The van der Waals surface area contributed by atoms with E-state index in [0.29, 0.717) is 5.92 Å². The lowest BCUT2D eigenvalue weighted by molar-refractivity contribution is 0.0595. The van der Waals surface area contributed by atoms with Gasteiger partial charge in [0.05, 0.1) is 17.3 Å². The second kappa shape index (κ2) is 5.38. The molecule has 2 nitrogen and oxygen atoms in total. The lowest BCUT2D eigenvalue weighted by Gasteiger charge is -2.22. The van der Waals surface area contributed by atoms with Gasteiger partial charge in [-0.15, -0.1) is 0 Å². The molecule has 0 radical (unpaired) electrons. The summed E-state index contributed by atoms with van der Waals surface area (Å²) in [5.41, 5.74) is 1.02. The second-order valence-electron chi connectivity index (χ2n) is 3.94. The van der Waals surface area contributed by atoms with Crippen molar-refractivity contribution in [3.05, 3.63) is 29.3 Å². The van der Waals surface area contributed by atoms with Crippen molar-refractivity contribution in [1.29, 1.82) is 0 Å². The van der Waals surface area contributed by atoms with E-state index in [9.17, 15) is 0 Å². The molecule has 1 aromatic rings. The Morgan fingerprint density at radius 1 is 1.40 bits per heavy atom. The molecular weight excluding hydrogens is 210 g/mol. The van der Waals surface area contributed by atoms with E-state index in [0.717, 1.165) is 30.5 Å². The van der Waals surface area contributed by atoms with Gasteiger partial charge in [0.1, 0.15) is 0 Å². The first-order valence-corrected chi connectivity index (χ1v) is 5.80. The fourth-order valence-corrected chi connectivity index (χ4v) is 2.03. The summed E-state index contributed by atoms with van der Waals surface area (Å²) in [5, 5.41) is 4.16. The van der Waals surface area contributed by atoms with E-state index in [2.05, 4.69) is 5.32 Å². The van der Waals surface area contributed by atoms with Gasteiger partial charge in [-0.05, 0) is 30.9 Å². The van der Waals surface area contributed by atoms with Crippen LogP contribution in [-0.2, 0) is 4.74 Å². The maximum Gasteiger partial charge on any atom is 0.0637 e. The first-order chi connectivity index (χ1) is 7.36. The van der Waals surface area contributed by atoms with Crippen molar-refractivity contribution in [3.63, 3.8) is 0 Å². The van der Waals surface area contributed by atoms with Gasteiger partial charge in [-0.3, -0.25) is 0 Å². The minimum absolute atomic E-state index is 0.620. The van der Waals surface area contributed by atoms with Crippen LogP contribution in [0.15, 0.2) is 24.3 Å². The largest absolute Gasteiger partial charge is 0.383 e. The first kappa shape index (κ1) is 10.8. The van der Waals surface area contributed by atoms with Gasteiger partial charge in [0.25, 0.3) is 0 Å². The van der Waals surface area contributed by atoms with Crippen LogP contribution in [0.3, 0.4) is 0 Å². The smallest absolute Gasteiger partial charge is 0.0637 e. The standard InChI is InChI=1S/C12H16ClNO/c13-11-5-1-2-6-12(11)14-8-10-4-3-7-15-9-10/h1-2,5-6,10,14H,3-4,7-9H2. The molecule has 0 aromatic heterocycles. The summed E-state index contributed by atoms with van der Waals surface area (Å²) < 4.78 is 5.43. The van der Waals surface area contributed by atoms with Crippen molar-refractivity contribution in [1.82, 2.24) is 0 Å². The second-order valence-corrected chi connectivity index (χ2v) is 4.35. The molecule has 1 aliphatic heterocycles. The van der Waals surface area contributed by atoms with Crippen LogP contribution in [-0.4, -0.2) is 19.8 Å². The Bertz CT molecular complexity index is 310. The van der Waals surface area contributed by atoms with Crippen LogP contribution in [0.25, 0.3) is 0 Å². The lowest BCUT2D eigenvalue weighted by Crippen LogP contribution is -2.24. The number of nitrogens with one attached hydrogen (secondary N) is 1. The Morgan fingerprint density at radius 3 is 3.00 bits per heavy atom. The molecule has 0 spiro atoms. The van der Waals surface area contributed by atoms with Gasteiger partial charge in [-0.25, -0.2) is 0 Å². The molecule has 1 aromatic carbocycles. The average molecular weight is 226 g/mol. The predicted octanol–water partition coefficient (Wildman–Crippen LogP) is 3.18. The van der Waals surface area contributed by atoms with Gasteiger partial charge in [-0.2, -0.15) is 0 Å². The third kappa shape index (κ3) is 3.11. The lowest BCUT2D eigenvalue weighted by atomic mass is 10.0. The van der Waals surface area contributed by atoms with Crippen molar-refractivity contribution in [3.8, 4) is 0 Å². The highest BCUT2D eigenvalue weighted by Crippen LogP contribution is 2.22. The van der Waals surface area contributed by atoms with Crippen LogP contribution >= 0.6 is 11.6 Å². The van der Waals surface area contributed by atoms with E-state index in [1.54, 1.807) is 0 Å². The van der Waals surface area contributed by atoms with E-state index in [4.69, 9.17) is 16.3 Å². The summed E-state index contributed by atoms with van der Waals surface area (Å²) in [6.45, 7) is 2.74. The molecular formula is C12H16ClNO. The number of anilines is 1. The fraction of sp³-hybridized carbons (Fsp3) is 0.500. The number of benzene rings is 1. The Labute approximate surface area is 95.6 Å². The zero-order chi connectivity index (χ0) is 10.5. The molecule has 1 atom stereocenters. The van der Waals surface area contributed by atoms with E-state index >= 15 is 0 Å². The fourth-order valence-electron chi connectivity index (χ4n) is 1.83. The molecule has 0 amide bonds. The molecule has 82 valence electrons. The number of rotatable bonds is 3. The van der Waals surface area contributed by atoms with Crippen molar-refractivity contribution in [2.24, 2.45) is 5.92 Å². The van der Waals surface area contributed by atoms with Gasteiger partial charge in [-0.1, -0.05) is 23.7 Å². The van der Waals surface area contributed by atoms with Crippen LogP contribution < -0.4 is 5.32 Å². The highest BCUT2D eigenvalue weighted by atomic mass is 35.5. The molecule has 1 fully saturated rings. The van der Waals surface area contributed by atoms with Crippen molar-refractivity contribution in [2.45, 2.75) is 12.8 Å². The van der Waals surface area contributed by atoms with Crippen LogP contribution in [0, 0.1) is 5.92 Å². The molecule has 1 N–H and O–H groups in total. The minimum Gasteiger partial charge on any atom is -0.383 e. The zero-order valence-electron chi connectivity index (χ0n) is 8.71. The summed E-state index contributed by atoms with van der Waals surface area (Å²) >= 11 is 6.05. The molecule has 1 saturated heterocycles. The molecule has 0 bridgehead atoms. The SMILES string of the molecule is Clc1ccccc1NCC1CCCOC1.